The van der Waals surface area contributed by atoms with Crippen molar-refractivity contribution in [3.63, 3.8) is 0 Å². The standard InChI is InChI=1S/C27H32N6O3/c34-25(29-21-27(11-18-35-19-12-27)22-6-2-1-3-7-22)20-36-26-10-9-24(30-31-26)33-16-14-32(15-17-33)23-8-4-5-13-28-23/h1-10,13H,11-12,14-21H2,(H,29,34). The Morgan fingerprint density at radius 1 is 0.889 bits per heavy atom. The second kappa shape index (κ2) is 11.3. The van der Waals surface area contributed by atoms with Crippen molar-refractivity contribution < 1.29 is 14.3 Å². The summed E-state index contributed by atoms with van der Waals surface area (Å²) in [5.41, 5.74) is 1.12. The molecule has 0 aliphatic carbocycles. The molecule has 3 aromatic rings. The third kappa shape index (κ3) is 5.73. The van der Waals surface area contributed by atoms with Crippen LogP contribution >= 0.6 is 0 Å². The molecule has 2 aromatic heterocycles. The minimum Gasteiger partial charge on any atom is -0.466 e. The van der Waals surface area contributed by atoms with Crippen molar-refractivity contribution in [2.75, 3.05) is 62.3 Å². The lowest BCUT2D eigenvalue weighted by Gasteiger charge is -2.38. The van der Waals surface area contributed by atoms with Crippen LogP contribution in [0.2, 0.25) is 0 Å². The maximum Gasteiger partial charge on any atom is 0.258 e. The average molecular weight is 489 g/mol. The minimum absolute atomic E-state index is 0.0991. The van der Waals surface area contributed by atoms with Gasteiger partial charge in [-0.15, -0.1) is 10.2 Å². The van der Waals surface area contributed by atoms with Crippen molar-refractivity contribution in [1.82, 2.24) is 20.5 Å². The fraction of sp³-hybridized carbons (Fsp3) is 0.407. The van der Waals surface area contributed by atoms with Gasteiger partial charge in [-0.3, -0.25) is 4.79 Å². The van der Waals surface area contributed by atoms with Crippen LogP contribution < -0.4 is 19.9 Å². The third-order valence-electron chi connectivity index (χ3n) is 7.01. The summed E-state index contributed by atoms with van der Waals surface area (Å²) in [4.78, 5) is 21.5. The number of hydrogen-bond donors (Lipinski definition) is 1. The molecule has 1 amide bonds. The van der Waals surface area contributed by atoms with Crippen molar-refractivity contribution in [3.05, 3.63) is 72.4 Å². The molecule has 5 rings (SSSR count). The Hall–Kier alpha value is -3.72. The SMILES string of the molecule is O=C(COc1ccc(N2CCN(c3ccccn3)CC2)nn1)NCC1(c2ccccc2)CCOCC1. The van der Waals surface area contributed by atoms with E-state index < -0.39 is 0 Å². The van der Waals surface area contributed by atoms with Gasteiger partial charge >= 0.3 is 0 Å². The average Bonchev–Trinajstić information content (AvgIpc) is 2.97. The molecular formula is C27H32N6O3. The van der Waals surface area contributed by atoms with E-state index >= 15 is 0 Å². The molecule has 2 saturated heterocycles. The van der Waals surface area contributed by atoms with Crippen LogP contribution in [0, 0.1) is 0 Å². The molecule has 0 atom stereocenters. The van der Waals surface area contributed by atoms with Gasteiger partial charge in [-0.1, -0.05) is 36.4 Å². The number of nitrogens with one attached hydrogen (secondary N) is 1. The first kappa shape index (κ1) is 24.0. The zero-order valence-corrected chi connectivity index (χ0v) is 20.4. The lowest BCUT2D eigenvalue weighted by molar-refractivity contribution is -0.123. The Bertz CT molecular complexity index is 1100. The van der Waals surface area contributed by atoms with Gasteiger partial charge in [0.25, 0.3) is 5.91 Å². The zero-order chi connectivity index (χ0) is 24.6. The van der Waals surface area contributed by atoms with Crippen molar-refractivity contribution in [1.29, 1.82) is 0 Å². The van der Waals surface area contributed by atoms with Crippen LogP contribution in [0.1, 0.15) is 18.4 Å². The maximum atomic E-state index is 12.6. The Morgan fingerprint density at radius 2 is 1.61 bits per heavy atom. The summed E-state index contributed by atoms with van der Waals surface area (Å²) in [6.07, 6.45) is 3.57. The monoisotopic (exact) mass is 488 g/mol. The minimum atomic E-state index is -0.173. The van der Waals surface area contributed by atoms with Crippen molar-refractivity contribution in [2.45, 2.75) is 18.3 Å². The molecule has 9 nitrogen and oxygen atoms in total. The van der Waals surface area contributed by atoms with Crippen LogP contribution in [0.5, 0.6) is 5.88 Å². The summed E-state index contributed by atoms with van der Waals surface area (Å²) in [5.74, 6) is 1.96. The number of amides is 1. The number of anilines is 2. The second-order valence-electron chi connectivity index (χ2n) is 9.22. The summed E-state index contributed by atoms with van der Waals surface area (Å²) < 4.78 is 11.2. The highest BCUT2D eigenvalue weighted by Crippen LogP contribution is 2.34. The van der Waals surface area contributed by atoms with Gasteiger partial charge in [-0.2, -0.15) is 0 Å². The lowest BCUT2D eigenvalue weighted by Crippen LogP contribution is -2.47. The first-order chi connectivity index (χ1) is 17.7. The van der Waals surface area contributed by atoms with E-state index in [2.05, 4.69) is 42.4 Å². The van der Waals surface area contributed by atoms with E-state index in [0.717, 1.165) is 50.7 Å². The molecule has 4 heterocycles. The Balaban J connectivity index is 1.09. The molecule has 0 unspecified atom stereocenters. The number of hydrogen-bond acceptors (Lipinski definition) is 8. The Kier molecular flexibility index (Phi) is 7.56. The summed E-state index contributed by atoms with van der Waals surface area (Å²) in [5, 5.41) is 11.6. The van der Waals surface area contributed by atoms with Crippen molar-refractivity contribution in [3.8, 4) is 5.88 Å². The third-order valence-corrected chi connectivity index (χ3v) is 7.01. The molecule has 0 spiro atoms. The molecular weight excluding hydrogens is 456 g/mol. The van der Waals surface area contributed by atoms with Gasteiger partial charge in [0.2, 0.25) is 5.88 Å². The highest BCUT2D eigenvalue weighted by atomic mass is 16.5. The van der Waals surface area contributed by atoms with Crippen LogP contribution in [-0.2, 0) is 14.9 Å². The number of ether oxygens (including phenoxy) is 2. The fourth-order valence-electron chi connectivity index (χ4n) is 4.84. The largest absolute Gasteiger partial charge is 0.466 e. The van der Waals surface area contributed by atoms with Gasteiger partial charge < -0.3 is 24.6 Å². The predicted octanol–water partition coefficient (Wildman–Crippen LogP) is 2.44. The van der Waals surface area contributed by atoms with Gasteiger partial charge in [0.05, 0.1) is 0 Å². The number of carbonyl (C=O) groups is 1. The highest BCUT2D eigenvalue weighted by molar-refractivity contribution is 5.77. The van der Waals surface area contributed by atoms with Gasteiger partial charge in [0, 0.05) is 63.6 Å². The fourth-order valence-corrected chi connectivity index (χ4v) is 4.84. The highest BCUT2D eigenvalue weighted by Gasteiger charge is 2.34. The first-order valence-corrected chi connectivity index (χ1v) is 12.5. The zero-order valence-electron chi connectivity index (χ0n) is 20.4. The smallest absolute Gasteiger partial charge is 0.258 e. The van der Waals surface area contributed by atoms with E-state index in [4.69, 9.17) is 9.47 Å². The topological polar surface area (TPSA) is 92.7 Å². The molecule has 2 aliphatic rings. The summed E-state index contributed by atoms with van der Waals surface area (Å²) in [6, 6.07) is 20.0. The van der Waals surface area contributed by atoms with Crippen LogP contribution in [0.25, 0.3) is 0 Å². The van der Waals surface area contributed by atoms with E-state index in [1.54, 1.807) is 6.07 Å². The van der Waals surface area contributed by atoms with E-state index in [0.29, 0.717) is 25.6 Å². The summed E-state index contributed by atoms with van der Waals surface area (Å²) in [6.45, 7) is 5.25. The predicted molar refractivity (Wildman–Crippen MR) is 137 cm³/mol. The molecule has 0 radical (unpaired) electrons. The normalized spacial score (nSPS) is 17.4. The van der Waals surface area contributed by atoms with Crippen molar-refractivity contribution >= 4 is 17.5 Å². The number of benzene rings is 1. The Morgan fingerprint density at radius 3 is 2.28 bits per heavy atom. The number of nitrogens with zero attached hydrogens (tertiary/aromatic N) is 5. The maximum absolute atomic E-state index is 12.6. The van der Waals surface area contributed by atoms with E-state index in [-0.39, 0.29) is 17.9 Å². The van der Waals surface area contributed by atoms with E-state index in [1.807, 2.05) is 48.7 Å². The van der Waals surface area contributed by atoms with Gasteiger partial charge in [0.1, 0.15) is 5.82 Å². The lowest BCUT2D eigenvalue weighted by atomic mass is 9.74. The quantitative estimate of drug-likeness (QED) is 0.517. The number of aromatic nitrogens is 3. The summed E-state index contributed by atoms with van der Waals surface area (Å²) >= 11 is 0. The summed E-state index contributed by atoms with van der Waals surface area (Å²) in [7, 11) is 0. The van der Waals surface area contributed by atoms with Gasteiger partial charge in [-0.25, -0.2) is 4.98 Å². The van der Waals surface area contributed by atoms with Gasteiger partial charge in [0.15, 0.2) is 12.4 Å². The number of piperazine rings is 1. The van der Waals surface area contributed by atoms with Crippen LogP contribution in [0.3, 0.4) is 0 Å². The van der Waals surface area contributed by atoms with E-state index in [9.17, 15) is 4.79 Å². The van der Waals surface area contributed by atoms with Crippen LogP contribution in [0.15, 0.2) is 66.9 Å². The number of rotatable bonds is 8. The second-order valence-corrected chi connectivity index (χ2v) is 9.22. The number of pyridine rings is 1. The van der Waals surface area contributed by atoms with E-state index in [1.165, 1.54) is 5.56 Å². The molecule has 188 valence electrons. The first-order valence-electron chi connectivity index (χ1n) is 12.5. The molecule has 1 N–H and O–H groups in total. The molecule has 1 aromatic carbocycles. The molecule has 0 saturated carbocycles. The molecule has 36 heavy (non-hydrogen) atoms. The molecule has 2 fully saturated rings. The molecule has 0 bridgehead atoms. The van der Waals surface area contributed by atoms with Crippen molar-refractivity contribution in [2.24, 2.45) is 0 Å². The number of carbonyl (C=O) groups excluding carboxylic acids is 1. The van der Waals surface area contributed by atoms with Crippen LogP contribution in [-0.4, -0.2) is 73.6 Å². The molecule has 2 aliphatic heterocycles. The van der Waals surface area contributed by atoms with Crippen LogP contribution in [0.4, 0.5) is 11.6 Å². The Labute approximate surface area is 211 Å². The van der Waals surface area contributed by atoms with Gasteiger partial charge in [-0.05, 0) is 36.6 Å². The molecule has 9 heteroatoms.